The number of aliphatic hydroxyl groups is 1. The lowest BCUT2D eigenvalue weighted by Crippen LogP contribution is -2.37. The fraction of sp³-hybridized carbons (Fsp3) is 0.381. The molecule has 2 unspecified atom stereocenters. The van der Waals surface area contributed by atoms with Gasteiger partial charge in [0.05, 0.1) is 24.4 Å². The minimum absolute atomic E-state index is 0.305. The molecular weight excluding hydrogens is 502 g/mol. The zero-order valence-electron chi connectivity index (χ0n) is 18.8. The van der Waals surface area contributed by atoms with Crippen molar-refractivity contribution in [2.75, 3.05) is 18.0 Å². The number of nitrogens with zero attached hydrogens (tertiary/aromatic N) is 5. The van der Waals surface area contributed by atoms with E-state index in [1.807, 2.05) is 4.90 Å². The maximum Gasteiger partial charge on any atom is 0.394 e. The standard InChI is InChI=1S/C21H22F2N6O2.H2O4S/c22-12-3-4-15(23)13(10-12)16-2-1-7-27(16)18-6-9-29-20(26-18)14(11-25-29)19-17(30)5-8-28(19)21(24)31;1-5(2,3)4/h3-4,6,9-11,16-17,19,30H,1-2,5,7-8H2,(H2,24,31);(H2,1,2,3,4)/t16-,17?,19?;/m1./s1. The summed E-state index contributed by atoms with van der Waals surface area (Å²) in [5.74, 6) is -0.333. The SMILES string of the molecule is NC(=O)N1CCC(O)C1c1cnn2ccc(N3CCC[C@@H]3c3cc(F)ccc3F)nc12.O=S(=O)(O)O. The summed E-state index contributed by atoms with van der Waals surface area (Å²) in [5, 5.41) is 14.8. The number of aliphatic hydroxyl groups excluding tert-OH is 1. The zero-order chi connectivity index (χ0) is 26.2. The van der Waals surface area contributed by atoms with Crippen molar-refractivity contribution in [2.45, 2.75) is 37.5 Å². The van der Waals surface area contributed by atoms with Gasteiger partial charge in [-0.2, -0.15) is 13.5 Å². The van der Waals surface area contributed by atoms with E-state index in [1.54, 1.807) is 23.0 Å². The molecule has 0 spiro atoms. The van der Waals surface area contributed by atoms with Gasteiger partial charge in [0, 0.05) is 30.4 Å². The van der Waals surface area contributed by atoms with Crippen molar-refractivity contribution in [3.05, 3.63) is 59.4 Å². The van der Waals surface area contributed by atoms with Crippen LogP contribution in [0.15, 0.2) is 36.7 Å². The molecule has 2 saturated heterocycles. The summed E-state index contributed by atoms with van der Waals surface area (Å²) in [6.07, 6.45) is 4.44. The lowest BCUT2D eigenvalue weighted by atomic mass is 10.0. The van der Waals surface area contributed by atoms with Gasteiger partial charge in [0.1, 0.15) is 17.5 Å². The van der Waals surface area contributed by atoms with Gasteiger partial charge in [-0.15, -0.1) is 0 Å². The molecule has 0 radical (unpaired) electrons. The Morgan fingerprint density at radius 1 is 1.11 bits per heavy atom. The third kappa shape index (κ3) is 5.38. The van der Waals surface area contributed by atoms with Gasteiger partial charge in [-0.25, -0.2) is 23.1 Å². The quantitative estimate of drug-likeness (QED) is 0.371. The highest BCUT2D eigenvalue weighted by atomic mass is 32.3. The summed E-state index contributed by atoms with van der Waals surface area (Å²) in [5.41, 5.74) is 6.88. The number of rotatable bonds is 3. The van der Waals surface area contributed by atoms with Gasteiger partial charge in [-0.1, -0.05) is 0 Å². The molecule has 12 nitrogen and oxygen atoms in total. The number of fused-ring (bicyclic) bond motifs is 1. The fourth-order valence-electron chi connectivity index (χ4n) is 4.78. The predicted octanol–water partition coefficient (Wildman–Crippen LogP) is 1.88. The molecule has 3 atom stereocenters. The number of hydrogen-bond donors (Lipinski definition) is 4. The molecule has 0 bridgehead atoms. The van der Waals surface area contributed by atoms with Crippen LogP contribution in [0.5, 0.6) is 0 Å². The van der Waals surface area contributed by atoms with Crippen molar-refractivity contribution in [1.29, 1.82) is 0 Å². The number of nitrogens with two attached hydrogens (primary N) is 1. The highest BCUT2D eigenvalue weighted by Crippen LogP contribution is 2.38. The largest absolute Gasteiger partial charge is 0.394 e. The van der Waals surface area contributed by atoms with Gasteiger partial charge in [0.25, 0.3) is 0 Å². The monoisotopic (exact) mass is 526 g/mol. The lowest BCUT2D eigenvalue weighted by molar-refractivity contribution is 0.126. The van der Waals surface area contributed by atoms with Crippen LogP contribution in [0.25, 0.3) is 5.65 Å². The average Bonchev–Trinajstić information content (AvgIpc) is 3.51. The first-order chi connectivity index (χ1) is 16.9. The Kier molecular flexibility index (Phi) is 7.08. The minimum Gasteiger partial charge on any atom is -0.391 e. The summed E-state index contributed by atoms with van der Waals surface area (Å²) in [7, 11) is -4.67. The topological polar surface area (TPSA) is 175 Å². The molecule has 5 N–H and O–H groups in total. The number of aromatic nitrogens is 3. The van der Waals surface area contributed by atoms with Crippen LogP contribution in [0.1, 0.15) is 42.5 Å². The van der Waals surface area contributed by atoms with E-state index in [-0.39, 0.29) is 6.04 Å². The molecule has 2 amide bonds. The van der Waals surface area contributed by atoms with Crippen LogP contribution < -0.4 is 10.6 Å². The average molecular weight is 527 g/mol. The number of carbonyl (C=O) groups excluding carboxylic acids is 1. The number of likely N-dealkylation sites (tertiary alicyclic amines) is 1. The van der Waals surface area contributed by atoms with Crippen molar-refractivity contribution in [2.24, 2.45) is 5.73 Å². The van der Waals surface area contributed by atoms with Crippen molar-refractivity contribution in [1.82, 2.24) is 19.5 Å². The molecule has 15 heteroatoms. The minimum atomic E-state index is -4.67. The number of anilines is 1. The first kappa shape index (κ1) is 25.7. The smallest absolute Gasteiger partial charge is 0.391 e. The van der Waals surface area contributed by atoms with E-state index >= 15 is 0 Å². The van der Waals surface area contributed by atoms with E-state index in [0.717, 1.165) is 18.6 Å². The lowest BCUT2D eigenvalue weighted by Gasteiger charge is -2.27. The summed E-state index contributed by atoms with van der Waals surface area (Å²) >= 11 is 0. The second-order valence-corrected chi connectivity index (χ2v) is 9.35. The fourth-order valence-corrected chi connectivity index (χ4v) is 4.78. The number of amides is 2. The number of carbonyl (C=O) groups is 1. The normalized spacial score (nSPS) is 22.1. The molecule has 194 valence electrons. The van der Waals surface area contributed by atoms with Crippen molar-refractivity contribution in [3.8, 4) is 0 Å². The van der Waals surface area contributed by atoms with Gasteiger partial charge in [0.2, 0.25) is 0 Å². The Balaban J connectivity index is 0.000000556. The molecule has 36 heavy (non-hydrogen) atoms. The molecular formula is C21H24F2N6O6S. The van der Waals surface area contributed by atoms with Crippen molar-refractivity contribution >= 4 is 27.9 Å². The Bertz CT molecular complexity index is 1380. The maximum atomic E-state index is 14.4. The van der Waals surface area contributed by atoms with E-state index in [9.17, 15) is 18.7 Å². The number of urea groups is 1. The second kappa shape index (κ2) is 9.93. The third-order valence-electron chi connectivity index (χ3n) is 6.21. The van der Waals surface area contributed by atoms with Crippen LogP contribution in [0, 0.1) is 11.6 Å². The van der Waals surface area contributed by atoms with Crippen LogP contribution in [-0.4, -0.2) is 67.4 Å². The first-order valence-corrected chi connectivity index (χ1v) is 12.3. The van der Waals surface area contributed by atoms with E-state index in [2.05, 4.69) is 5.10 Å². The first-order valence-electron chi connectivity index (χ1n) is 10.9. The van der Waals surface area contributed by atoms with Crippen LogP contribution in [0.2, 0.25) is 0 Å². The Hall–Kier alpha value is -3.40. The highest BCUT2D eigenvalue weighted by Gasteiger charge is 2.38. The molecule has 4 heterocycles. The second-order valence-electron chi connectivity index (χ2n) is 8.45. The summed E-state index contributed by atoms with van der Waals surface area (Å²) in [6.45, 7) is 0.998. The van der Waals surface area contributed by atoms with Gasteiger partial charge < -0.3 is 20.6 Å². The van der Waals surface area contributed by atoms with Gasteiger partial charge >= 0.3 is 16.4 Å². The van der Waals surface area contributed by atoms with Crippen LogP contribution in [0.3, 0.4) is 0 Å². The summed E-state index contributed by atoms with van der Waals surface area (Å²) in [6, 6.07) is 3.68. The van der Waals surface area contributed by atoms with E-state index in [1.165, 1.54) is 11.0 Å². The molecule has 2 aliphatic heterocycles. The number of primary amides is 1. The Labute approximate surface area is 204 Å². The number of benzene rings is 1. The number of hydrogen-bond acceptors (Lipinski definition) is 7. The van der Waals surface area contributed by atoms with Crippen LogP contribution in [0.4, 0.5) is 19.4 Å². The molecule has 0 saturated carbocycles. The van der Waals surface area contributed by atoms with E-state index in [0.29, 0.717) is 48.5 Å². The Morgan fingerprint density at radius 3 is 2.53 bits per heavy atom. The summed E-state index contributed by atoms with van der Waals surface area (Å²) in [4.78, 5) is 19.9. The molecule has 2 aliphatic rings. The number of halogens is 2. The van der Waals surface area contributed by atoms with E-state index < -0.39 is 40.2 Å². The summed E-state index contributed by atoms with van der Waals surface area (Å²) < 4.78 is 61.4. The zero-order valence-corrected chi connectivity index (χ0v) is 19.6. The third-order valence-corrected chi connectivity index (χ3v) is 6.21. The van der Waals surface area contributed by atoms with Gasteiger partial charge in [0.15, 0.2) is 5.65 Å². The predicted molar refractivity (Wildman–Crippen MR) is 122 cm³/mol. The van der Waals surface area contributed by atoms with Crippen LogP contribution in [-0.2, 0) is 10.4 Å². The van der Waals surface area contributed by atoms with Crippen molar-refractivity contribution < 1.29 is 36.2 Å². The molecule has 5 rings (SSSR count). The molecule has 2 fully saturated rings. The molecule has 0 aliphatic carbocycles. The highest BCUT2D eigenvalue weighted by molar-refractivity contribution is 7.79. The van der Waals surface area contributed by atoms with Gasteiger partial charge in [-0.3, -0.25) is 9.11 Å². The van der Waals surface area contributed by atoms with E-state index in [4.69, 9.17) is 28.2 Å². The van der Waals surface area contributed by atoms with Crippen molar-refractivity contribution in [3.63, 3.8) is 0 Å². The maximum absolute atomic E-state index is 14.4. The molecule has 1 aromatic carbocycles. The molecule has 2 aromatic heterocycles. The van der Waals surface area contributed by atoms with Gasteiger partial charge in [-0.05, 0) is 43.5 Å². The molecule has 3 aromatic rings. The van der Waals surface area contributed by atoms with Crippen LogP contribution >= 0.6 is 0 Å². The Morgan fingerprint density at radius 2 is 1.83 bits per heavy atom.